The second kappa shape index (κ2) is 7.00. The first-order chi connectivity index (χ1) is 7.80. The van der Waals surface area contributed by atoms with Crippen molar-refractivity contribution in [2.24, 2.45) is 0 Å². The molecule has 1 aromatic heterocycles. The van der Waals surface area contributed by atoms with Gasteiger partial charge in [-0.05, 0) is 13.3 Å². The summed E-state index contributed by atoms with van der Waals surface area (Å²) in [5.41, 5.74) is 0. The molecular weight excluding hydrogens is 206 g/mol. The third-order valence-electron chi connectivity index (χ3n) is 1.92. The van der Waals surface area contributed by atoms with Gasteiger partial charge in [-0.15, -0.1) is 0 Å². The summed E-state index contributed by atoms with van der Waals surface area (Å²) >= 11 is 0. The second-order valence-electron chi connectivity index (χ2n) is 3.36. The first-order valence-corrected chi connectivity index (χ1v) is 5.65. The van der Waals surface area contributed by atoms with E-state index >= 15 is 0 Å². The number of nitrogens with zero attached hydrogens (tertiary/aromatic N) is 2. The van der Waals surface area contributed by atoms with Crippen LogP contribution in [0.15, 0.2) is 6.07 Å². The molecule has 0 aromatic carbocycles. The highest BCUT2D eigenvalue weighted by Gasteiger charge is 2.04. The van der Waals surface area contributed by atoms with E-state index in [1.807, 2.05) is 6.92 Å². The van der Waals surface area contributed by atoms with Crippen molar-refractivity contribution in [2.45, 2.75) is 26.7 Å². The number of rotatable bonds is 7. The fourth-order valence-electron chi connectivity index (χ4n) is 1.30. The Morgan fingerprint density at radius 1 is 1.38 bits per heavy atom. The van der Waals surface area contributed by atoms with Gasteiger partial charge in [0.05, 0.1) is 6.61 Å². The van der Waals surface area contributed by atoms with E-state index in [1.165, 1.54) is 0 Å². The fourth-order valence-corrected chi connectivity index (χ4v) is 1.30. The van der Waals surface area contributed by atoms with Crippen LogP contribution in [0.3, 0.4) is 0 Å². The maximum absolute atomic E-state index is 8.69. The van der Waals surface area contributed by atoms with Gasteiger partial charge < -0.3 is 15.2 Å². The van der Waals surface area contributed by atoms with Crippen molar-refractivity contribution in [3.05, 3.63) is 11.9 Å². The Bertz CT molecular complexity index is 294. The van der Waals surface area contributed by atoms with Crippen molar-refractivity contribution >= 4 is 5.82 Å². The Morgan fingerprint density at radius 2 is 2.19 bits per heavy atom. The smallest absolute Gasteiger partial charge is 0.218 e. The molecule has 0 aliphatic heterocycles. The van der Waals surface area contributed by atoms with E-state index in [4.69, 9.17) is 9.84 Å². The average Bonchev–Trinajstić information content (AvgIpc) is 2.27. The number of hydrogen-bond acceptors (Lipinski definition) is 5. The van der Waals surface area contributed by atoms with Gasteiger partial charge in [0.15, 0.2) is 0 Å². The van der Waals surface area contributed by atoms with Crippen LogP contribution in [-0.2, 0) is 6.42 Å². The van der Waals surface area contributed by atoms with Crippen molar-refractivity contribution in [1.82, 2.24) is 9.97 Å². The molecule has 0 aliphatic carbocycles. The monoisotopic (exact) mass is 225 g/mol. The van der Waals surface area contributed by atoms with Crippen LogP contribution in [0.1, 0.15) is 26.1 Å². The molecule has 2 N–H and O–H groups in total. The normalized spacial score (nSPS) is 10.2. The van der Waals surface area contributed by atoms with Gasteiger partial charge in [0.2, 0.25) is 5.88 Å². The summed E-state index contributed by atoms with van der Waals surface area (Å²) in [6.07, 6.45) is 1.82. The van der Waals surface area contributed by atoms with E-state index in [0.717, 1.165) is 31.0 Å². The Hall–Kier alpha value is -1.36. The standard InChI is InChI=1S/C11H19N3O2/c1-3-5-9-13-10(12-4-2)8-11(14-9)16-7-6-15/h8,15H,3-7H2,1-2H3,(H,12,13,14). The van der Waals surface area contributed by atoms with E-state index in [9.17, 15) is 0 Å². The van der Waals surface area contributed by atoms with Crippen LogP contribution < -0.4 is 10.1 Å². The fraction of sp³-hybridized carbons (Fsp3) is 0.636. The van der Waals surface area contributed by atoms with E-state index in [-0.39, 0.29) is 13.2 Å². The van der Waals surface area contributed by atoms with Crippen LogP contribution in [0, 0.1) is 0 Å². The topological polar surface area (TPSA) is 67.3 Å². The van der Waals surface area contributed by atoms with Crippen molar-refractivity contribution in [3.8, 4) is 5.88 Å². The molecule has 90 valence electrons. The summed E-state index contributed by atoms with van der Waals surface area (Å²) in [7, 11) is 0. The van der Waals surface area contributed by atoms with Crippen molar-refractivity contribution in [3.63, 3.8) is 0 Å². The van der Waals surface area contributed by atoms with E-state index in [0.29, 0.717) is 5.88 Å². The molecule has 1 heterocycles. The van der Waals surface area contributed by atoms with Crippen LogP contribution in [0.25, 0.3) is 0 Å². The quantitative estimate of drug-likeness (QED) is 0.730. The lowest BCUT2D eigenvalue weighted by molar-refractivity contribution is 0.196. The lowest BCUT2D eigenvalue weighted by Gasteiger charge is -2.08. The van der Waals surface area contributed by atoms with Gasteiger partial charge in [0.25, 0.3) is 0 Å². The number of nitrogens with one attached hydrogen (secondary N) is 1. The number of hydrogen-bond donors (Lipinski definition) is 2. The molecule has 5 heteroatoms. The molecule has 0 aliphatic rings. The molecule has 0 bridgehead atoms. The van der Waals surface area contributed by atoms with Crippen molar-refractivity contribution in [2.75, 3.05) is 25.1 Å². The Kier molecular flexibility index (Phi) is 5.56. The number of aliphatic hydroxyl groups is 1. The SMILES string of the molecule is CCCc1nc(NCC)cc(OCCO)n1. The van der Waals surface area contributed by atoms with Gasteiger partial charge in [-0.2, -0.15) is 4.98 Å². The van der Waals surface area contributed by atoms with Gasteiger partial charge >= 0.3 is 0 Å². The molecule has 0 unspecified atom stereocenters. The predicted octanol–water partition coefficient (Wildman–Crippen LogP) is 1.23. The van der Waals surface area contributed by atoms with Crippen LogP contribution in [0.5, 0.6) is 5.88 Å². The van der Waals surface area contributed by atoms with Crippen molar-refractivity contribution < 1.29 is 9.84 Å². The highest BCUT2D eigenvalue weighted by molar-refractivity contribution is 5.38. The summed E-state index contributed by atoms with van der Waals surface area (Å²) < 4.78 is 5.29. The minimum absolute atomic E-state index is 0.0103. The van der Waals surface area contributed by atoms with E-state index in [2.05, 4.69) is 22.2 Å². The number of aromatic nitrogens is 2. The van der Waals surface area contributed by atoms with Gasteiger partial charge in [0, 0.05) is 19.0 Å². The molecule has 0 amide bonds. The summed E-state index contributed by atoms with van der Waals surface area (Å²) in [6, 6.07) is 1.75. The molecule has 1 aromatic rings. The zero-order chi connectivity index (χ0) is 11.8. The van der Waals surface area contributed by atoms with Crippen LogP contribution in [-0.4, -0.2) is 34.8 Å². The van der Waals surface area contributed by atoms with Crippen LogP contribution in [0.2, 0.25) is 0 Å². The molecule has 0 fully saturated rings. The third-order valence-corrected chi connectivity index (χ3v) is 1.92. The molecule has 0 spiro atoms. The molecule has 0 atom stereocenters. The highest BCUT2D eigenvalue weighted by Crippen LogP contribution is 2.14. The number of anilines is 1. The maximum Gasteiger partial charge on any atom is 0.218 e. The van der Waals surface area contributed by atoms with Gasteiger partial charge in [-0.3, -0.25) is 0 Å². The summed E-state index contributed by atoms with van der Waals surface area (Å²) in [5, 5.41) is 11.8. The van der Waals surface area contributed by atoms with Gasteiger partial charge in [-0.1, -0.05) is 6.92 Å². The van der Waals surface area contributed by atoms with E-state index < -0.39 is 0 Å². The Morgan fingerprint density at radius 3 is 2.81 bits per heavy atom. The molecular formula is C11H19N3O2. The summed E-state index contributed by atoms with van der Waals surface area (Å²) in [6.45, 7) is 5.15. The predicted molar refractivity (Wildman–Crippen MR) is 62.8 cm³/mol. The van der Waals surface area contributed by atoms with Crippen LogP contribution in [0.4, 0.5) is 5.82 Å². The Labute approximate surface area is 95.9 Å². The zero-order valence-corrected chi connectivity index (χ0v) is 9.86. The third kappa shape index (κ3) is 4.02. The first kappa shape index (κ1) is 12.7. The number of aryl methyl sites for hydroxylation is 1. The molecule has 1 rings (SSSR count). The minimum atomic E-state index is -0.0103. The van der Waals surface area contributed by atoms with Gasteiger partial charge in [-0.25, -0.2) is 4.98 Å². The number of aliphatic hydroxyl groups excluding tert-OH is 1. The first-order valence-electron chi connectivity index (χ1n) is 5.65. The molecule has 0 radical (unpaired) electrons. The highest BCUT2D eigenvalue weighted by atomic mass is 16.5. The summed E-state index contributed by atoms with van der Waals surface area (Å²) in [4.78, 5) is 8.61. The molecule has 5 nitrogen and oxygen atoms in total. The largest absolute Gasteiger partial charge is 0.475 e. The molecule has 0 saturated carbocycles. The summed E-state index contributed by atoms with van der Waals surface area (Å²) in [5.74, 6) is 2.06. The second-order valence-corrected chi connectivity index (χ2v) is 3.36. The lowest BCUT2D eigenvalue weighted by Crippen LogP contribution is -2.08. The number of ether oxygens (including phenoxy) is 1. The van der Waals surface area contributed by atoms with Crippen molar-refractivity contribution in [1.29, 1.82) is 0 Å². The van der Waals surface area contributed by atoms with E-state index in [1.54, 1.807) is 6.07 Å². The van der Waals surface area contributed by atoms with Crippen LogP contribution >= 0.6 is 0 Å². The zero-order valence-electron chi connectivity index (χ0n) is 9.86. The molecule has 0 saturated heterocycles. The lowest BCUT2D eigenvalue weighted by atomic mass is 10.3. The minimum Gasteiger partial charge on any atom is -0.475 e. The van der Waals surface area contributed by atoms with Gasteiger partial charge in [0.1, 0.15) is 18.2 Å². The maximum atomic E-state index is 8.69. The molecule has 16 heavy (non-hydrogen) atoms. The Balaban J connectivity index is 2.80. The average molecular weight is 225 g/mol.